The fourth-order valence-electron chi connectivity index (χ4n) is 2.20. The third-order valence-electron chi connectivity index (χ3n) is 3.01. The molecule has 0 N–H and O–H groups in total. The first-order valence-corrected chi connectivity index (χ1v) is 8.25. The molecule has 3 nitrogen and oxygen atoms in total. The van der Waals surface area contributed by atoms with Crippen LogP contribution in [0.1, 0.15) is 13.3 Å². The number of hydrogen-bond donors (Lipinski definition) is 0. The van der Waals surface area contributed by atoms with E-state index in [1.54, 1.807) is 0 Å². The van der Waals surface area contributed by atoms with Gasteiger partial charge in [0.25, 0.3) is 0 Å². The zero-order valence-electron chi connectivity index (χ0n) is 11.2. The first-order chi connectivity index (χ1) is 9.24. The summed E-state index contributed by atoms with van der Waals surface area (Å²) in [5, 5.41) is 9.13. The molecule has 0 radical (unpaired) electrons. The van der Waals surface area contributed by atoms with Gasteiger partial charge in [0.2, 0.25) is 0 Å². The van der Waals surface area contributed by atoms with Gasteiger partial charge in [-0.2, -0.15) is 0 Å². The topological polar surface area (TPSA) is 36.3 Å². The molecule has 0 fully saturated rings. The molecule has 2 atom stereocenters. The number of hydrogen-bond acceptors (Lipinski definition) is 3. The van der Waals surface area contributed by atoms with Crippen molar-refractivity contribution in [3.8, 4) is 6.07 Å². The molecular formula is C15H18N2OSe. The summed E-state index contributed by atoms with van der Waals surface area (Å²) in [7, 11) is 1.99. The molecule has 0 aliphatic carbocycles. The summed E-state index contributed by atoms with van der Waals surface area (Å²) in [6.45, 7) is 2.72. The Hall–Kier alpha value is -1.27. The second-order valence-corrected chi connectivity index (χ2v) is 7.20. The van der Waals surface area contributed by atoms with Crippen molar-refractivity contribution in [1.29, 1.82) is 5.26 Å². The molecule has 1 aliphatic heterocycles. The molecule has 2 rings (SSSR count). The molecule has 0 bridgehead atoms. The predicted molar refractivity (Wildman–Crippen MR) is 77.1 cm³/mol. The Morgan fingerprint density at radius 2 is 2.16 bits per heavy atom. The average Bonchev–Trinajstić information content (AvgIpc) is 2.43. The maximum atomic E-state index is 9.13. The van der Waals surface area contributed by atoms with E-state index in [0.29, 0.717) is 26.4 Å². The van der Waals surface area contributed by atoms with Crippen LogP contribution in [0.3, 0.4) is 0 Å². The molecule has 19 heavy (non-hydrogen) atoms. The molecule has 0 saturated heterocycles. The van der Waals surface area contributed by atoms with E-state index in [0.717, 1.165) is 12.0 Å². The summed E-state index contributed by atoms with van der Waals surface area (Å²) in [6, 6.07) is 12.8. The third-order valence-corrected chi connectivity index (χ3v) is 5.63. The van der Waals surface area contributed by atoms with E-state index >= 15 is 0 Å². The molecule has 0 amide bonds. The van der Waals surface area contributed by atoms with Gasteiger partial charge in [-0.15, -0.1) is 0 Å². The van der Waals surface area contributed by atoms with Gasteiger partial charge in [-0.05, 0) is 0 Å². The number of rotatable bonds is 4. The average molecular weight is 321 g/mol. The van der Waals surface area contributed by atoms with Crippen LogP contribution in [-0.4, -0.2) is 39.7 Å². The fourth-order valence-corrected chi connectivity index (χ4v) is 4.95. The van der Waals surface area contributed by atoms with Crippen molar-refractivity contribution in [2.45, 2.75) is 24.4 Å². The summed E-state index contributed by atoms with van der Waals surface area (Å²) in [5.74, 6) is 0. The Kier molecular flexibility index (Phi) is 5.04. The van der Waals surface area contributed by atoms with Crippen LogP contribution in [0.4, 0.5) is 0 Å². The zero-order chi connectivity index (χ0) is 13.7. The fraction of sp³-hybridized carbons (Fsp3) is 0.400. The zero-order valence-corrected chi connectivity index (χ0v) is 13.0. The minimum absolute atomic E-state index is 0.0855. The van der Waals surface area contributed by atoms with E-state index in [2.05, 4.69) is 30.3 Å². The van der Waals surface area contributed by atoms with E-state index in [1.165, 1.54) is 4.46 Å². The molecule has 1 heterocycles. The van der Waals surface area contributed by atoms with E-state index in [4.69, 9.17) is 10.00 Å². The molecule has 4 heteroatoms. The van der Waals surface area contributed by atoms with Crippen LogP contribution in [-0.2, 0) is 4.74 Å². The maximum absolute atomic E-state index is 9.13. The van der Waals surface area contributed by atoms with Crippen LogP contribution >= 0.6 is 0 Å². The molecule has 1 aromatic carbocycles. The van der Waals surface area contributed by atoms with Crippen LogP contribution < -0.4 is 4.46 Å². The standard InChI is InChI=1S/C15H18N2OSe/c1-3-18-15-14(9-12(10-16)11-17(15)2)19-13-7-5-4-6-8-13/h4-8,11,14-15H,3,9H2,1-2H3/t14-,15+/m0/s1. The van der Waals surface area contributed by atoms with Crippen molar-refractivity contribution in [2.75, 3.05) is 13.7 Å². The van der Waals surface area contributed by atoms with Gasteiger partial charge >= 0.3 is 121 Å². The van der Waals surface area contributed by atoms with Crippen molar-refractivity contribution in [2.24, 2.45) is 0 Å². The van der Waals surface area contributed by atoms with Crippen LogP contribution in [0.25, 0.3) is 0 Å². The number of benzene rings is 1. The molecule has 0 spiro atoms. The molecule has 0 saturated carbocycles. The number of nitriles is 1. The van der Waals surface area contributed by atoms with Crippen LogP contribution in [0.2, 0.25) is 4.82 Å². The quantitative estimate of drug-likeness (QED) is 0.795. The second kappa shape index (κ2) is 6.77. The summed E-state index contributed by atoms with van der Waals surface area (Å²) in [4.78, 5) is 2.43. The number of allylic oxidation sites excluding steroid dienone is 1. The monoisotopic (exact) mass is 322 g/mol. The Morgan fingerprint density at radius 3 is 2.79 bits per heavy atom. The van der Waals surface area contributed by atoms with Crippen LogP contribution in [0.5, 0.6) is 0 Å². The van der Waals surface area contributed by atoms with Gasteiger partial charge in [-0.3, -0.25) is 0 Å². The van der Waals surface area contributed by atoms with E-state index in [9.17, 15) is 0 Å². The molecule has 100 valence electrons. The molecule has 0 unspecified atom stereocenters. The van der Waals surface area contributed by atoms with E-state index in [-0.39, 0.29) is 6.23 Å². The molecule has 1 aliphatic rings. The van der Waals surface area contributed by atoms with Gasteiger partial charge < -0.3 is 0 Å². The molecule has 1 aromatic rings. The van der Waals surface area contributed by atoms with Crippen LogP contribution in [0, 0.1) is 11.3 Å². The second-order valence-electron chi connectivity index (χ2n) is 4.45. The van der Waals surface area contributed by atoms with Crippen LogP contribution in [0.15, 0.2) is 42.1 Å². The Balaban J connectivity index is 2.16. The minimum atomic E-state index is 0.0855. The van der Waals surface area contributed by atoms with Gasteiger partial charge in [-0.1, -0.05) is 0 Å². The van der Waals surface area contributed by atoms with E-state index in [1.807, 2.05) is 31.1 Å². The first-order valence-electron chi connectivity index (χ1n) is 6.40. The number of nitrogens with zero attached hydrogens (tertiary/aromatic N) is 2. The van der Waals surface area contributed by atoms with Crippen molar-refractivity contribution in [3.05, 3.63) is 42.1 Å². The van der Waals surface area contributed by atoms with Crippen molar-refractivity contribution in [1.82, 2.24) is 4.90 Å². The molecular weight excluding hydrogens is 303 g/mol. The normalized spacial score (nSPS) is 22.8. The first kappa shape index (κ1) is 14.1. The molecule has 0 aromatic heterocycles. The van der Waals surface area contributed by atoms with Gasteiger partial charge in [-0.25, -0.2) is 0 Å². The SMILES string of the molecule is CCO[C@@H]1[C@@H]([Se]c2ccccc2)CC(C#N)=CN1C. The summed E-state index contributed by atoms with van der Waals surface area (Å²) in [5.41, 5.74) is 0.848. The Labute approximate surface area is 121 Å². The Morgan fingerprint density at radius 1 is 1.42 bits per heavy atom. The van der Waals surface area contributed by atoms with Crippen molar-refractivity contribution in [3.63, 3.8) is 0 Å². The number of ether oxygens (including phenoxy) is 1. The Bertz CT molecular complexity index is 481. The summed E-state index contributed by atoms with van der Waals surface area (Å²) < 4.78 is 7.22. The van der Waals surface area contributed by atoms with E-state index < -0.39 is 0 Å². The van der Waals surface area contributed by atoms with Crippen molar-refractivity contribution < 1.29 is 4.74 Å². The summed E-state index contributed by atoms with van der Waals surface area (Å²) in [6.07, 6.45) is 2.82. The predicted octanol–water partition coefficient (Wildman–Crippen LogP) is 1.91. The van der Waals surface area contributed by atoms with Gasteiger partial charge in [0.1, 0.15) is 0 Å². The third kappa shape index (κ3) is 3.61. The van der Waals surface area contributed by atoms with Gasteiger partial charge in [0, 0.05) is 0 Å². The van der Waals surface area contributed by atoms with Crippen molar-refractivity contribution >= 4 is 19.4 Å². The van der Waals surface area contributed by atoms with Gasteiger partial charge in [0.05, 0.1) is 0 Å². The summed E-state index contributed by atoms with van der Waals surface area (Å²) >= 11 is 0.311. The van der Waals surface area contributed by atoms with Gasteiger partial charge in [0.15, 0.2) is 0 Å².